The topological polar surface area (TPSA) is 24.4 Å². The molecule has 0 unspecified atom stereocenters. The Morgan fingerprint density at radius 3 is 2.88 bits per heavy atom. The van der Waals surface area contributed by atoms with Gasteiger partial charge in [0, 0.05) is 18.0 Å². The average Bonchev–Trinajstić information content (AvgIpc) is 2.77. The van der Waals surface area contributed by atoms with Gasteiger partial charge >= 0.3 is 0 Å². The Kier molecular flexibility index (Phi) is 3.44. The van der Waals surface area contributed by atoms with Crippen LogP contribution in [-0.2, 0) is 12.8 Å². The third kappa shape index (κ3) is 2.19. The minimum absolute atomic E-state index is 0.197. The first-order chi connectivity index (χ1) is 7.72. The lowest BCUT2D eigenvalue weighted by molar-refractivity contribution is 0.612. The number of amidine groups is 1. The normalized spacial score (nSPS) is 14.8. The molecular formula is C12H14ClFN2. The minimum Gasteiger partial charge on any atom is -0.372 e. The molecule has 0 amide bonds. The first-order valence-corrected chi connectivity index (χ1v) is 5.83. The smallest absolute Gasteiger partial charge is 0.127 e. The zero-order valence-corrected chi connectivity index (χ0v) is 9.94. The van der Waals surface area contributed by atoms with Crippen molar-refractivity contribution in [2.45, 2.75) is 19.8 Å². The van der Waals surface area contributed by atoms with E-state index in [4.69, 9.17) is 11.6 Å². The Hall–Kier alpha value is -1.09. The SMILES string of the molecule is CCc1c(Cl)ccc(F)c1CC1=NCCN1. The van der Waals surface area contributed by atoms with Crippen LogP contribution in [0, 0.1) is 5.82 Å². The monoisotopic (exact) mass is 240 g/mol. The number of halogens is 2. The van der Waals surface area contributed by atoms with Crippen LogP contribution in [0.25, 0.3) is 0 Å². The standard InChI is InChI=1S/C12H14ClFN2/c1-2-8-9(7-12-15-5-6-16-12)11(14)4-3-10(8)13/h3-4H,2,5-7H2,1H3,(H,15,16). The first kappa shape index (κ1) is 11.4. The summed E-state index contributed by atoms with van der Waals surface area (Å²) in [5.41, 5.74) is 1.56. The van der Waals surface area contributed by atoms with Gasteiger partial charge in [-0.1, -0.05) is 18.5 Å². The lowest BCUT2D eigenvalue weighted by Gasteiger charge is -2.11. The Bertz CT molecular complexity index is 429. The van der Waals surface area contributed by atoms with Gasteiger partial charge in [0.1, 0.15) is 11.7 Å². The van der Waals surface area contributed by atoms with E-state index < -0.39 is 0 Å². The highest BCUT2D eigenvalue weighted by molar-refractivity contribution is 6.31. The van der Waals surface area contributed by atoms with E-state index in [2.05, 4.69) is 10.3 Å². The summed E-state index contributed by atoms with van der Waals surface area (Å²) >= 11 is 6.06. The van der Waals surface area contributed by atoms with Gasteiger partial charge in [0.25, 0.3) is 0 Å². The van der Waals surface area contributed by atoms with E-state index in [0.717, 1.165) is 30.9 Å². The molecular weight excluding hydrogens is 227 g/mol. The molecule has 1 heterocycles. The number of hydrogen-bond acceptors (Lipinski definition) is 2. The zero-order valence-electron chi connectivity index (χ0n) is 9.19. The molecule has 0 radical (unpaired) electrons. The summed E-state index contributed by atoms with van der Waals surface area (Å²) in [5.74, 6) is 0.661. The van der Waals surface area contributed by atoms with Crippen LogP contribution < -0.4 is 5.32 Å². The van der Waals surface area contributed by atoms with Crippen LogP contribution in [0.4, 0.5) is 4.39 Å². The molecule has 86 valence electrons. The summed E-state index contributed by atoms with van der Waals surface area (Å²) in [6.45, 7) is 3.60. The molecule has 0 bridgehead atoms. The van der Waals surface area contributed by atoms with Gasteiger partial charge in [0.15, 0.2) is 0 Å². The van der Waals surface area contributed by atoms with Gasteiger partial charge in [-0.05, 0) is 29.7 Å². The number of rotatable bonds is 3. The van der Waals surface area contributed by atoms with Crippen molar-refractivity contribution in [1.82, 2.24) is 5.32 Å². The fraction of sp³-hybridized carbons (Fsp3) is 0.417. The van der Waals surface area contributed by atoms with Crippen molar-refractivity contribution in [1.29, 1.82) is 0 Å². The van der Waals surface area contributed by atoms with Crippen molar-refractivity contribution in [3.63, 3.8) is 0 Å². The van der Waals surface area contributed by atoms with E-state index in [9.17, 15) is 4.39 Å². The molecule has 0 saturated carbocycles. The van der Waals surface area contributed by atoms with Crippen molar-refractivity contribution in [3.8, 4) is 0 Å². The summed E-state index contributed by atoms with van der Waals surface area (Å²) < 4.78 is 13.7. The van der Waals surface area contributed by atoms with Gasteiger partial charge in [-0.2, -0.15) is 0 Å². The van der Waals surface area contributed by atoms with Crippen LogP contribution in [-0.4, -0.2) is 18.9 Å². The number of benzene rings is 1. The fourth-order valence-electron chi connectivity index (χ4n) is 1.94. The Morgan fingerprint density at radius 1 is 1.44 bits per heavy atom. The van der Waals surface area contributed by atoms with Crippen LogP contribution >= 0.6 is 11.6 Å². The van der Waals surface area contributed by atoms with E-state index in [-0.39, 0.29) is 5.82 Å². The van der Waals surface area contributed by atoms with Crippen molar-refractivity contribution in [2.75, 3.05) is 13.1 Å². The highest BCUT2D eigenvalue weighted by Crippen LogP contribution is 2.24. The highest BCUT2D eigenvalue weighted by atomic mass is 35.5. The van der Waals surface area contributed by atoms with Crippen LogP contribution in [0.3, 0.4) is 0 Å². The Labute approximate surface area is 99.5 Å². The lowest BCUT2D eigenvalue weighted by atomic mass is 10.0. The summed E-state index contributed by atoms with van der Waals surface area (Å²) in [5, 5.41) is 3.78. The molecule has 16 heavy (non-hydrogen) atoms. The number of nitrogens with zero attached hydrogens (tertiary/aromatic N) is 1. The highest BCUT2D eigenvalue weighted by Gasteiger charge is 2.15. The molecule has 4 heteroatoms. The summed E-state index contributed by atoms with van der Waals surface area (Å²) in [6, 6.07) is 3.04. The second-order valence-electron chi connectivity index (χ2n) is 3.77. The summed E-state index contributed by atoms with van der Waals surface area (Å²) in [6.07, 6.45) is 1.24. The molecule has 0 fully saturated rings. The van der Waals surface area contributed by atoms with Crippen molar-refractivity contribution in [2.24, 2.45) is 4.99 Å². The molecule has 1 aromatic carbocycles. The van der Waals surface area contributed by atoms with Crippen LogP contribution in [0.1, 0.15) is 18.1 Å². The maximum Gasteiger partial charge on any atom is 0.127 e. The van der Waals surface area contributed by atoms with Crippen LogP contribution in [0.5, 0.6) is 0 Å². The van der Waals surface area contributed by atoms with Gasteiger partial charge in [-0.3, -0.25) is 4.99 Å². The molecule has 0 aliphatic carbocycles. The molecule has 1 aromatic rings. The molecule has 0 atom stereocenters. The maximum atomic E-state index is 13.7. The molecule has 0 saturated heterocycles. The number of hydrogen-bond donors (Lipinski definition) is 1. The third-order valence-electron chi connectivity index (χ3n) is 2.76. The predicted molar refractivity (Wildman–Crippen MR) is 64.8 cm³/mol. The van der Waals surface area contributed by atoms with Gasteiger partial charge in [-0.15, -0.1) is 0 Å². The third-order valence-corrected chi connectivity index (χ3v) is 3.11. The Morgan fingerprint density at radius 2 is 2.25 bits per heavy atom. The van der Waals surface area contributed by atoms with Gasteiger partial charge in [-0.25, -0.2) is 4.39 Å². The average molecular weight is 241 g/mol. The molecule has 2 nitrogen and oxygen atoms in total. The lowest BCUT2D eigenvalue weighted by Crippen LogP contribution is -2.21. The summed E-state index contributed by atoms with van der Waals surface area (Å²) in [4.78, 5) is 4.27. The quantitative estimate of drug-likeness (QED) is 0.863. The largest absolute Gasteiger partial charge is 0.372 e. The molecule has 1 aliphatic heterocycles. The van der Waals surface area contributed by atoms with Crippen molar-refractivity contribution in [3.05, 3.63) is 34.1 Å². The molecule has 1 N–H and O–H groups in total. The molecule has 0 aromatic heterocycles. The van der Waals surface area contributed by atoms with E-state index in [0.29, 0.717) is 17.0 Å². The summed E-state index contributed by atoms with van der Waals surface area (Å²) in [7, 11) is 0. The molecule has 0 spiro atoms. The molecule has 2 rings (SSSR count). The van der Waals surface area contributed by atoms with Crippen molar-refractivity contribution >= 4 is 17.4 Å². The van der Waals surface area contributed by atoms with Gasteiger partial charge < -0.3 is 5.32 Å². The van der Waals surface area contributed by atoms with E-state index >= 15 is 0 Å². The van der Waals surface area contributed by atoms with Gasteiger partial charge in [0.05, 0.1) is 6.54 Å². The Balaban J connectivity index is 2.34. The maximum absolute atomic E-state index is 13.7. The number of nitrogens with one attached hydrogen (secondary N) is 1. The fourth-order valence-corrected chi connectivity index (χ4v) is 2.25. The second kappa shape index (κ2) is 4.83. The number of aliphatic imine (C=N–C) groups is 1. The van der Waals surface area contributed by atoms with E-state index in [1.54, 1.807) is 6.07 Å². The van der Waals surface area contributed by atoms with E-state index in [1.165, 1.54) is 6.07 Å². The van der Waals surface area contributed by atoms with Gasteiger partial charge in [0.2, 0.25) is 0 Å². The molecule has 1 aliphatic rings. The van der Waals surface area contributed by atoms with Crippen LogP contribution in [0.15, 0.2) is 17.1 Å². The second-order valence-corrected chi connectivity index (χ2v) is 4.18. The van der Waals surface area contributed by atoms with Crippen LogP contribution in [0.2, 0.25) is 5.02 Å². The first-order valence-electron chi connectivity index (χ1n) is 5.45. The zero-order chi connectivity index (χ0) is 11.5. The minimum atomic E-state index is -0.197. The van der Waals surface area contributed by atoms with Crippen molar-refractivity contribution < 1.29 is 4.39 Å². The predicted octanol–water partition coefficient (Wildman–Crippen LogP) is 2.59. The van der Waals surface area contributed by atoms with E-state index in [1.807, 2.05) is 6.92 Å².